The molecule has 1 rings (SSSR count). The monoisotopic (exact) mass is 2120 g/mol. The predicted octanol–water partition coefficient (Wildman–Crippen LogP) is 6.58. The van der Waals surface area contributed by atoms with Gasteiger partial charge in [-0.2, -0.15) is 15.4 Å². The number of amidine groups is 1. The number of hydrogen-bond donors (Lipinski definition) is 3. The molecule has 1 aromatic rings. The average Bonchev–Trinajstić information content (AvgIpc) is 3.17. The van der Waals surface area contributed by atoms with Gasteiger partial charge in [0.1, 0.15) is 28.2 Å². The zero-order chi connectivity index (χ0) is 71.3. The Morgan fingerprint density at radius 1 is 0.452 bits per heavy atom. The molecule has 0 aromatic carbocycles. The molecule has 0 atom stereocenters. The molecule has 1 heterocycles. The van der Waals surface area contributed by atoms with Crippen LogP contribution in [0.25, 0.3) is 0 Å². The smallest absolute Gasteiger partial charge is 0.437 e. The van der Waals surface area contributed by atoms with Gasteiger partial charge in [0.25, 0.3) is 0 Å². The number of nitriles is 1. The van der Waals surface area contributed by atoms with Crippen LogP contribution in [0.1, 0.15) is 117 Å². The topological polar surface area (TPSA) is 222 Å². The summed E-state index contributed by atoms with van der Waals surface area (Å²) in [6, 6.07) is 3.38. The maximum atomic E-state index is 11.8. The van der Waals surface area contributed by atoms with Crippen LogP contribution in [-0.2, 0) is 428 Å². The third-order valence-corrected chi connectivity index (χ3v) is 91.4. The molecule has 93 heavy (non-hydrogen) atoms. The van der Waals surface area contributed by atoms with E-state index in [9.17, 15) is 19.2 Å². The Labute approximate surface area is 681 Å². The molecule has 4 N–H and O–H groups in total. The highest BCUT2D eigenvalue weighted by atomic mass is 33.5. The molecular formula is C32H58N8O8S45. The lowest BCUT2D eigenvalue weighted by Crippen LogP contribution is -2.40. The fourth-order valence-electron chi connectivity index (χ4n) is 2.92. The van der Waals surface area contributed by atoms with E-state index in [4.69, 9.17) is 74.7 Å². The number of alkyl carbamates (subject to hydrolysis) is 2. The van der Waals surface area contributed by atoms with Gasteiger partial charge in [0.2, 0.25) is 5.96 Å². The van der Waals surface area contributed by atoms with Crippen molar-refractivity contribution in [3.8, 4) is 6.07 Å². The summed E-state index contributed by atoms with van der Waals surface area (Å²) in [6.07, 6.45) is 1.27. The summed E-state index contributed by atoms with van der Waals surface area (Å²) < 4.78 is 21.6. The lowest BCUT2D eigenvalue weighted by molar-refractivity contribution is 0.0543. The van der Waals surface area contributed by atoms with Crippen molar-refractivity contribution in [2.24, 2.45) is 15.7 Å². The average molecular weight is 2130 g/mol. The lowest BCUT2D eigenvalue weighted by atomic mass is 10.2. The van der Waals surface area contributed by atoms with Gasteiger partial charge in [-0.1, -0.05) is 13.8 Å². The molecule has 16 nitrogen and oxygen atoms in total. The van der Waals surface area contributed by atoms with E-state index >= 15 is 0 Å². The SMILES string of the molecule is CC#N.CC(C)(C)OC(=O)N=C(NC(=O)OC(C)(C)C)n1cccn1.CCCC(=NC(=O)OC(C)(C)C)NC(=O)OC(C)(C)C.CCN.S=S=S=S=S=S=S=S=S=S=S=S=S=S=S=S=S=S=S=S=S=S.S=S=S=S=S=S=S=S=S=S=S=S=S=S=S=S=S=S=S=S=S=S=S. The quantitative estimate of drug-likeness (QED) is 0.162. The van der Waals surface area contributed by atoms with Crippen molar-refractivity contribution < 1.29 is 38.1 Å². The van der Waals surface area contributed by atoms with Crippen LogP contribution < -0.4 is 16.4 Å². The minimum absolute atomic E-state index is 0.103. The number of hydrogen-bond acceptors (Lipinski definition) is 15. The maximum absolute atomic E-state index is 11.8. The molecule has 0 unspecified atom stereocenters. The Bertz CT molecular complexity index is 4500. The standard InChI is InChI=1S/C14H22N4O4.C14H26N2O4.C2H7N.C2H3N.S23.S22/c1-13(2,3)21-11(19)16-10(18-9-7-8-15-18)17-12(20)22-14(4,5)6;1-8-9-10(15-11(17)19-13(2,3)4)16-12(18)20-14(5,6)7;2*1-2-3;1-3-5-7-9-11-13-15-17-19-21-23-22-20-18-16-14-12-10-8-6-4-2;1-3-5-7-9-11-13-15-17-19-21-22-20-18-16-14-12-10-8-6-4-2/h7-9H,1-6H3,(H,16,17,19,20);8-9H2,1-7H3,(H,15,16,17,18);2-3H2,1H3;1H3;;. The molecule has 61 heteroatoms. The number of nitrogens with one attached hydrogen (secondary N) is 2. The van der Waals surface area contributed by atoms with Gasteiger partial charge in [-0.05, 0) is 102 Å². The van der Waals surface area contributed by atoms with Gasteiger partial charge < -0.3 is 24.7 Å². The Morgan fingerprint density at radius 3 is 0.882 bits per heavy atom. The Kier molecular flexibility index (Phi) is 90.3. The van der Waals surface area contributed by atoms with Crippen LogP contribution in [0.2, 0.25) is 0 Å². The van der Waals surface area contributed by atoms with Crippen molar-refractivity contribution in [3.05, 3.63) is 18.5 Å². The zero-order valence-corrected chi connectivity index (χ0v) is 86.5. The van der Waals surface area contributed by atoms with Crippen molar-refractivity contribution in [2.45, 2.75) is 139 Å². The van der Waals surface area contributed by atoms with E-state index in [1.54, 1.807) is 397 Å². The van der Waals surface area contributed by atoms with Crippen molar-refractivity contribution in [3.63, 3.8) is 0 Å². The molecule has 0 spiro atoms. The molecule has 0 fully saturated rings. The van der Waals surface area contributed by atoms with Gasteiger partial charge >= 0.3 is 24.4 Å². The van der Waals surface area contributed by atoms with Gasteiger partial charge in [-0.15, -0.1) is 4.99 Å². The number of carbonyl (C=O) groups is 4. The zero-order valence-electron chi connectivity index (χ0n) is 49.8. The number of ether oxygens (including phenoxy) is 4. The predicted molar refractivity (Wildman–Crippen MR) is 516 cm³/mol. The molecule has 0 saturated carbocycles. The largest absolute Gasteiger partial charge is 0.444 e. The summed E-state index contributed by atoms with van der Waals surface area (Å²) in [6.45, 7) is 26.9. The summed E-state index contributed by atoms with van der Waals surface area (Å²) >= 11 is 19.1. The summed E-state index contributed by atoms with van der Waals surface area (Å²) in [5, 5.41) is 16.1. The van der Waals surface area contributed by atoms with E-state index in [0.29, 0.717) is 6.42 Å². The summed E-state index contributed by atoms with van der Waals surface area (Å²) in [5.74, 6) is 0.143. The summed E-state index contributed by atoms with van der Waals surface area (Å²) in [4.78, 5) is 54.3. The first kappa shape index (κ1) is 107. The van der Waals surface area contributed by atoms with Crippen molar-refractivity contribution in [1.29, 1.82) is 5.26 Å². The van der Waals surface area contributed by atoms with E-state index in [-0.39, 0.29) is 11.8 Å². The van der Waals surface area contributed by atoms with Crippen LogP contribution in [0.15, 0.2) is 28.4 Å². The van der Waals surface area contributed by atoms with E-state index in [0.717, 1.165) is 13.0 Å². The minimum Gasteiger partial charge on any atom is -0.444 e. The number of aliphatic imine (C=N–C) groups is 2. The number of amides is 4. The van der Waals surface area contributed by atoms with Gasteiger partial charge in [-0.25, -0.2) is 23.9 Å². The van der Waals surface area contributed by atoms with Gasteiger partial charge in [0, 0.05) is 435 Å². The highest BCUT2D eigenvalue weighted by Crippen LogP contribution is 2.11. The fraction of sp³-hybridized carbons (Fsp3) is 0.688. The second kappa shape index (κ2) is 78.5. The molecule has 0 aliphatic carbocycles. The van der Waals surface area contributed by atoms with E-state index in [1.165, 1.54) is 59.5 Å². The van der Waals surface area contributed by atoms with Crippen molar-refractivity contribution in [2.75, 3.05) is 6.54 Å². The molecule has 0 bridgehead atoms. The molecule has 1 aromatic heterocycles. The van der Waals surface area contributed by atoms with Crippen LogP contribution >= 0.6 is 0 Å². The molecule has 0 aliphatic rings. The summed E-state index contributed by atoms with van der Waals surface area (Å²) in [5.41, 5.74) is 2.25. The van der Waals surface area contributed by atoms with E-state index in [1.807, 2.05) is 40.5 Å². The van der Waals surface area contributed by atoms with Gasteiger partial charge in [-0.3, -0.25) is 10.6 Å². The number of nitrogens with zero attached hydrogens (tertiary/aromatic N) is 5. The maximum Gasteiger partial charge on any atom is 0.437 e. The third kappa shape index (κ3) is 99.5. The van der Waals surface area contributed by atoms with Gasteiger partial charge in [0.05, 0.1) is 6.07 Å². The normalized spacial score (nSPS) is 9.67. The molecular weight excluding hydrogens is 2070 g/mol. The molecule has 0 saturated heterocycles. The van der Waals surface area contributed by atoms with Crippen LogP contribution in [-0.4, -0.2) is 74.9 Å². The number of rotatable bonds is 2. The minimum atomic E-state index is -0.839. The van der Waals surface area contributed by atoms with Crippen molar-refractivity contribution in [1.82, 2.24) is 20.4 Å². The van der Waals surface area contributed by atoms with Crippen LogP contribution in [0, 0.1) is 11.3 Å². The molecule has 0 radical (unpaired) electrons. The molecule has 0 aliphatic heterocycles. The highest BCUT2D eigenvalue weighted by Gasteiger charge is 2.22. The second-order valence-corrected chi connectivity index (χ2v) is 88.9. The third-order valence-electron chi connectivity index (χ3n) is 4.76. The van der Waals surface area contributed by atoms with Crippen molar-refractivity contribution >= 4 is 445 Å². The van der Waals surface area contributed by atoms with Crippen LogP contribution in [0.4, 0.5) is 19.2 Å². The molecule has 544 valence electrons. The van der Waals surface area contributed by atoms with Crippen LogP contribution in [0.3, 0.4) is 0 Å². The lowest BCUT2D eigenvalue weighted by Gasteiger charge is -2.20. The van der Waals surface area contributed by atoms with E-state index in [2.05, 4.69) is 25.7 Å². The first-order chi connectivity index (χ1) is 44.0. The Balaban J connectivity index is -0.000000359. The number of aromatic nitrogens is 2. The summed E-state index contributed by atoms with van der Waals surface area (Å²) in [7, 11) is 70.8. The number of nitrogens with two attached hydrogens (primary N) is 1. The van der Waals surface area contributed by atoms with Gasteiger partial charge in [0.15, 0.2) is 0 Å². The highest BCUT2D eigenvalue weighted by molar-refractivity contribution is 8.80. The first-order valence-electron chi connectivity index (χ1n) is 22.5. The number of carbonyl (C=O) groups excluding carboxylic acids is 4. The Morgan fingerprint density at radius 2 is 0.677 bits per heavy atom. The van der Waals surface area contributed by atoms with E-state index < -0.39 is 46.8 Å². The fourth-order valence-corrected chi connectivity index (χ4v) is 104. The molecule has 4 amide bonds. The Hall–Kier alpha value is 5.38. The van der Waals surface area contributed by atoms with Crippen LogP contribution in [0.5, 0.6) is 0 Å². The first-order valence-corrected chi connectivity index (χ1v) is 79.9. The second-order valence-electron chi connectivity index (χ2n) is 16.3.